The van der Waals surface area contributed by atoms with Gasteiger partial charge >= 0.3 is 0 Å². The van der Waals surface area contributed by atoms with Crippen LogP contribution in [0.2, 0.25) is 0 Å². The number of hydrogen-bond acceptors (Lipinski definition) is 3. The molecule has 0 amide bonds. The number of carbonyl (C=O) groups is 1. The van der Waals surface area contributed by atoms with E-state index in [0.29, 0.717) is 6.54 Å². The van der Waals surface area contributed by atoms with E-state index < -0.39 is 5.41 Å². The first-order valence-corrected chi connectivity index (χ1v) is 8.32. The minimum atomic E-state index is -0.407. The van der Waals surface area contributed by atoms with Crippen molar-refractivity contribution in [3.63, 3.8) is 0 Å². The lowest BCUT2D eigenvalue weighted by Crippen LogP contribution is -2.34. The summed E-state index contributed by atoms with van der Waals surface area (Å²) in [5, 5.41) is 2.03. The topological polar surface area (TPSA) is 29.5 Å². The molecule has 1 aliphatic heterocycles. The molecule has 3 nitrogen and oxygen atoms in total. The average molecular weight is 307 g/mol. The smallest absolute Gasteiger partial charge is 0.130 e. The van der Waals surface area contributed by atoms with Gasteiger partial charge in [-0.2, -0.15) is 5.06 Å². The van der Waals surface area contributed by atoms with Crippen LogP contribution in [-0.2, 0) is 16.2 Å². The maximum absolute atomic E-state index is 12.1. The highest BCUT2D eigenvalue weighted by Gasteiger charge is 2.58. The first-order chi connectivity index (χ1) is 11.3. The summed E-state index contributed by atoms with van der Waals surface area (Å²) in [4.78, 5) is 18.3. The monoisotopic (exact) mass is 307 g/mol. The number of rotatable bonds is 4. The second-order valence-electron chi connectivity index (χ2n) is 6.59. The highest BCUT2D eigenvalue weighted by molar-refractivity contribution is 5.64. The molecular formula is C20H21NO2. The minimum Gasteiger partial charge on any atom is -0.303 e. The lowest BCUT2D eigenvalue weighted by atomic mass is 9.76. The molecule has 3 heteroatoms. The summed E-state index contributed by atoms with van der Waals surface area (Å²) in [6.45, 7) is 0.701. The predicted molar refractivity (Wildman–Crippen MR) is 88.4 cm³/mol. The van der Waals surface area contributed by atoms with E-state index >= 15 is 0 Å². The molecular weight excluding hydrogens is 286 g/mol. The highest BCUT2D eigenvalue weighted by atomic mass is 16.7. The second kappa shape index (κ2) is 5.91. The fourth-order valence-corrected chi connectivity index (χ4v) is 4.18. The number of hydroxylamine groups is 2. The summed E-state index contributed by atoms with van der Waals surface area (Å²) in [7, 11) is 0. The molecule has 0 unspecified atom stereocenters. The van der Waals surface area contributed by atoms with Gasteiger partial charge in [-0.3, -0.25) is 4.84 Å². The third-order valence-corrected chi connectivity index (χ3v) is 5.25. The summed E-state index contributed by atoms with van der Waals surface area (Å²) in [5.74, 6) is 0. The molecule has 0 bridgehead atoms. The number of hydrogen-bond donors (Lipinski definition) is 0. The molecule has 2 fully saturated rings. The Morgan fingerprint density at radius 3 is 2.48 bits per heavy atom. The summed E-state index contributed by atoms with van der Waals surface area (Å²) >= 11 is 0. The van der Waals surface area contributed by atoms with Crippen molar-refractivity contribution in [2.75, 3.05) is 0 Å². The molecule has 1 saturated carbocycles. The van der Waals surface area contributed by atoms with Crippen LogP contribution in [0, 0.1) is 5.41 Å². The Hall–Kier alpha value is -1.97. The van der Waals surface area contributed by atoms with Crippen LogP contribution in [-0.4, -0.2) is 17.5 Å². The van der Waals surface area contributed by atoms with Crippen molar-refractivity contribution in [2.45, 2.75) is 38.0 Å². The van der Waals surface area contributed by atoms with Gasteiger partial charge in [0.1, 0.15) is 6.29 Å². The minimum absolute atomic E-state index is 0.00564. The predicted octanol–water partition coefficient (Wildman–Crippen LogP) is 3.91. The van der Waals surface area contributed by atoms with E-state index in [-0.39, 0.29) is 12.1 Å². The molecule has 118 valence electrons. The Labute approximate surface area is 136 Å². The van der Waals surface area contributed by atoms with Gasteiger partial charge in [-0.25, -0.2) is 0 Å². The van der Waals surface area contributed by atoms with E-state index in [9.17, 15) is 4.79 Å². The maximum Gasteiger partial charge on any atom is 0.130 e. The third kappa shape index (κ3) is 2.41. The molecule has 1 heterocycles. The molecule has 1 aliphatic carbocycles. The lowest BCUT2D eigenvalue weighted by molar-refractivity contribution is -0.171. The van der Waals surface area contributed by atoms with Crippen LogP contribution in [0.3, 0.4) is 0 Å². The van der Waals surface area contributed by atoms with Gasteiger partial charge in [-0.15, -0.1) is 0 Å². The molecule has 2 aromatic carbocycles. The van der Waals surface area contributed by atoms with Crippen molar-refractivity contribution in [3.8, 4) is 0 Å². The van der Waals surface area contributed by atoms with Crippen LogP contribution >= 0.6 is 0 Å². The van der Waals surface area contributed by atoms with Gasteiger partial charge in [0, 0.05) is 6.54 Å². The van der Waals surface area contributed by atoms with Crippen molar-refractivity contribution in [1.29, 1.82) is 0 Å². The Bertz CT molecular complexity index is 673. The number of carbonyl (C=O) groups excluding carboxylic acids is 1. The molecule has 0 radical (unpaired) electrons. The average Bonchev–Trinajstić information content (AvgIpc) is 3.12. The van der Waals surface area contributed by atoms with Crippen molar-refractivity contribution >= 4 is 6.29 Å². The second-order valence-corrected chi connectivity index (χ2v) is 6.59. The molecule has 23 heavy (non-hydrogen) atoms. The third-order valence-electron chi connectivity index (χ3n) is 5.25. The Morgan fingerprint density at radius 1 is 1.09 bits per heavy atom. The van der Waals surface area contributed by atoms with Gasteiger partial charge in [-0.05, 0) is 30.4 Å². The highest BCUT2D eigenvalue weighted by Crippen LogP contribution is 2.56. The number of fused-ring (bicyclic) bond motifs is 1. The van der Waals surface area contributed by atoms with E-state index in [2.05, 4.69) is 24.3 Å². The van der Waals surface area contributed by atoms with Crippen LogP contribution in [0.1, 0.15) is 36.4 Å². The Kier molecular flexibility index (Phi) is 3.76. The van der Waals surface area contributed by atoms with Gasteiger partial charge in [0.05, 0.1) is 17.6 Å². The van der Waals surface area contributed by atoms with Crippen molar-refractivity contribution in [2.24, 2.45) is 5.41 Å². The van der Waals surface area contributed by atoms with Crippen LogP contribution < -0.4 is 0 Å². The number of benzene rings is 2. The molecule has 2 aromatic rings. The summed E-state index contributed by atoms with van der Waals surface area (Å²) in [6, 6.07) is 20.6. The number of aldehydes is 1. The van der Waals surface area contributed by atoms with Crippen molar-refractivity contribution < 1.29 is 9.63 Å². The molecule has 0 N–H and O–H groups in total. The normalized spacial score (nSPS) is 30.3. The van der Waals surface area contributed by atoms with Crippen LogP contribution in [0.4, 0.5) is 0 Å². The summed E-state index contributed by atoms with van der Waals surface area (Å²) in [5.41, 5.74) is 1.96. The standard InChI is InChI=1S/C20H21NO2/c22-15-20-13-7-12-18(20)23-21(14-16-8-3-1-4-9-16)19(20)17-10-5-2-6-11-17/h1-6,8-11,15,18-19H,7,12-14H2/t18-,19+,20-/m1/s1. The zero-order valence-corrected chi connectivity index (χ0v) is 13.1. The maximum atomic E-state index is 12.1. The quantitative estimate of drug-likeness (QED) is 0.802. The van der Waals surface area contributed by atoms with Crippen molar-refractivity contribution in [3.05, 3.63) is 71.8 Å². The largest absolute Gasteiger partial charge is 0.303 e. The molecule has 4 rings (SSSR count). The first kappa shape index (κ1) is 14.6. The first-order valence-electron chi connectivity index (χ1n) is 8.32. The fraction of sp³-hybridized carbons (Fsp3) is 0.350. The van der Waals surface area contributed by atoms with E-state index in [0.717, 1.165) is 25.5 Å². The van der Waals surface area contributed by atoms with Crippen LogP contribution in [0.5, 0.6) is 0 Å². The number of nitrogens with zero attached hydrogens (tertiary/aromatic N) is 1. The van der Waals surface area contributed by atoms with Gasteiger partial charge in [0.25, 0.3) is 0 Å². The van der Waals surface area contributed by atoms with Gasteiger partial charge in [-0.1, -0.05) is 60.7 Å². The molecule has 0 aromatic heterocycles. The molecule has 1 saturated heterocycles. The van der Waals surface area contributed by atoms with E-state index in [1.165, 1.54) is 11.1 Å². The van der Waals surface area contributed by atoms with Crippen LogP contribution in [0.25, 0.3) is 0 Å². The zero-order valence-electron chi connectivity index (χ0n) is 13.1. The summed E-state index contributed by atoms with van der Waals surface area (Å²) in [6.07, 6.45) is 4.10. The molecule has 2 aliphatic rings. The van der Waals surface area contributed by atoms with E-state index in [1.807, 2.05) is 41.5 Å². The Balaban J connectivity index is 1.72. The fourth-order valence-electron chi connectivity index (χ4n) is 4.18. The lowest BCUT2D eigenvalue weighted by Gasteiger charge is -2.31. The zero-order chi connectivity index (χ0) is 15.7. The van der Waals surface area contributed by atoms with Crippen molar-refractivity contribution in [1.82, 2.24) is 5.06 Å². The summed E-state index contributed by atoms with van der Waals surface area (Å²) < 4.78 is 0. The van der Waals surface area contributed by atoms with Gasteiger partial charge in [0.15, 0.2) is 0 Å². The van der Waals surface area contributed by atoms with Gasteiger partial charge < -0.3 is 4.79 Å². The van der Waals surface area contributed by atoms with Gasteiger partial charge in [0.2, 0.25) is 0 Å². The molecule has 3 atom stereocenters. The van der Waals surface area contributed by atoms with E-state index in [4.69, 9.17) is 4.84 Å². The van der Waals surface area contributed by atoms with E-state index in [1.54, 1.807) is 0 Å². The SMILES string of the molecule is O=C[C@]12CCC[C@H]1ON(Cc1ccccc1)[C@H]2c1ccccc1. The Morgan fingerprint density at radius 2 is 1.78 bits per heavy atom. The van der Waals surface area contributed by atoms with Crippen LogP contribution in [0.15, 0.2) is 60.7 Å². The molecule has 0 spiro atoms.